The predicted molar refractivity (Wildman–Crippen MR) is 104 cm³/mol. The monoisotopic (exact) mass is 539 g/mol. The van der Waals surface area contributed by atoms with Crippen LogP contribution in [0.4, 0.5) is 13.2 Å². The number of nitrogens with one attached hydrogen (secondary N) is 1. The van der Waals surface area contributed by atoms with Gasteiger partial charge in [-0.05, 0) is 19.6 Å². The minimum atomic E-state index is -6.01. The fraction of sp³-hybridized carbons (Fsp3) is 0.929. The maximum absolute atomic E-state index is 12.9. The molecule has 0 amide bonds. The first-order valence-corrected chi connectivity index (χ1v) is 12.0. The summed E-state index contributed by atoms with van der Waals surface area (Å²) in [4.78, 5) is 0. The summed E-state index contributed by atoms with van der Waals surface area (Å²) in [5.41, 5.74) is -6.42. The van der Waals surface area contributed by atoms with Crippen LogP contribution in [0.5, 0.6) is 0 Å². The summed E-state index contributed by atoms with van der Waals surface area (Å²) in [6, 6.07) is 0. The van der Waals surface area contributed by atoms with Crippen molar-refractivity contribution in [3.8, 4) is 0 Å². The van der Waals surface area contributed by atoms with Crippen molar-refractivity contribution in [2.45, 2.75) is 65.7 Å². The first-order chi connectivity index (χ1) is 13.5. The van der Waals surface area contributed by atoms with Crippen LogP contribution in [0.25, 0.3) is 0 Å². The van der Waals surface area contributed by atoms with Crippen LogP contribution in [0.1, 0.15) is 20.8 Å². The summed E-state index contributed by atoms with van der Waals surface area (Å²) >= 11 is 17.8. The lowest BCUT2D eigenvalue weighted by molar-refractivity contribution is -0.167. The Kier molecular flexibility index (Phi) is 8.18. The van der Waals surface area contributed by atoms with Gasteiger partial charge in [0.05, 0.1) is 0 Å². The van der Waals surface area contributed by atoms with E-state index in [9.17, 15) is 21.6 Å². The van der Waals surface area contributed by atoms with E-state index in [4.69, 9.17) is 59.2 Å². The van der Waals surface area contributed by atoms with E-state index in [-0.39, 0.29) is 0 Å². The van der Waals surface area contributed by atoms with E-state index < -0.39 is 67.6 Å². The van der Waals surface area contributed by atoms with Crippen molar-refractivity contribution in [3.05, 3.63) is 0 Å². The van der Waals surface area contributed by atoms with Crippen LogP contribution in [-0.4, -0.2) is 71.6 Å². The summed E-state index contributed by atoms with van der Waals surface area (Å²) < 4.78 is 86.4. The van der Waals surface area contributed by atoms with E-state index >= 15 is 0 Å². The average Bonchev–Trinajstić information content (AvgIpc) is 2.89. The molecular weight excluding hydrogens is 522 g/mol. The number of fused-ring (bicyclic) bond motifs is 1. The smallest absolute Gasteiger partial charge is 0.475 e. The van der Waals surface area contributed by atoms with Crippen molar-refractivity contribution < 1.29 is 44.7 Å². The zero-order chi connectivity index (χ0) is 23.1. The second-order valence-electron chi connectivity index (χ2n) is 6.66. The largest absolute Gasteiger partial charge is 0.523 e. The zero-order valence-corrected chi connectivity index (χ0v) is 19.6. The average molecular weight is 541 g/mol. The molecule has 0 aromatic carbocycles. The van der Waals surface area contributed by atoms with Gasteiger partial charge in [0.15, 0.2) is 5.79 Å². The molecule has 2 saturated heterocycles. The molecule has 16 heteroatoms. The van der Waals surface area contributed by atoms with E-state index in [1.807, 2.05) is 6.92 Å². The van der Waals surface area contributed by atoms with Crippen LogP contribution < -0.4 is 0 Å². The van der Waals surface area contributed by atoms with E-state index in [1.165, 1.54) is 25.6 Å². The molecule has 30 heavy (non-hydrogen) atoms. The van der Waals surface area contributed by atoms with Crippen LogP contribution in [-0.2, 0) is 33.2 Å². The normalized spacial score (nSPS) is 32.0. The topological polar surface area (TPSA) is 104 Å². The Balaban J connectivity index is 2.35. The van der Waals surface area contributed by atoms with Gasteiger partial charge in [0.25, 0.3) is 3.79 Å². The Morgan fingerprint density at radius 2 is 1.77 bits per heavy atom. The molecule has 0 bridgehead atoms. The van der Waals surface area contributed by atoms with Gasteiger partial charge in [-0.15, -0.1) is 11.8 Å². The highest BCUT2D eigenvalue weighted by atomic mass is 35.6. The van der Waals surface area contributed by atoms with Crippen molar-refractivity contribution >= 4 is 62.6 Å². The highest BCUT2D eigenvalue weighted by Gasteiger charge is 2.59. The molecule has 2 fully saturated rings. The van der Waals surface area contributed by atoms with Gasteiger partial charge in [-0.1, -0.05) is 41.7 Å². The Bertz CT molecular complexity index is 748. The second kappa shape index (κ2) is 9.26. The minimum Gasteiger partial charge on any atom is -0.475 e. The molecule has 2 rings (SSSR count). The number of thioether (sulfide) groups is 1. The maximum Gasteiger partial charge on any atom is 0.523 e. The number of hydrogen-bond donors (Lipinski definition) is 1. The van der Waals surface area contributed by atoms with Gasteiger partial charge < -0.3 is 18.9 Å². The third-order valence-corrected chi connectivity index (χ3v) is 6.53. The van der Waals surface area contributed by atoms with Crippen molar-refractivity contribution in [2.75, 3.05) is 12.4 Å². The third kappa shape index (κ3) is 6.19. The van der Waals surface area contributed by atoms with Crippen LogP contribution in [0.2, 0.25) is 0 Å². The molecule has 176 valence electrons. The first kappa shape index (κ1) is 26.5. The number of rotatable bonds is 6. The van der Waals surface area contributed by atoms with E-state index in [2.05, 4.69) is 4.18 Å². The molecule has 8 nitrogen and oxygen atoms in total. The Morgan fingerprint density at radius 3 is 2.27 bits per heavy atom. The van der Waals surface area contributed by atoms with Gasteiger partial charge in [0.1, 0.15) is 36.5 Å². The van der Waals surface area contributed by atoms with Crippen molar-refractivity contribution in [2.24, 2.45) is 0 Å². The van der Waals surface area contributed by atoms with Gasteiger partial charge in [0.2, 0.25) is 5.90 Å². The molecule has 0 aliphatic carbocycles. The quantitative estimate of drug-likeness (QED) is 0.179. The first-order valence-electron chi connectivity index (χ1n) is 8.39. The van der Waals surface area contributed by atoms with Crippen molar-refractivity contribution in [3.63, 3.8) is 0 Å². The summed E-state index contributed by atoms with van der Waals surface area (Å²) in [6.07, 6.45) is -5.40. The number of hydrogen-bond acceptors (Lipinski definition) is 9. The van der Waals surface area contributed by atoms with Gasteiger partial charge >= 0.3 is 15.6 Å². The molecule has 0 unspecified atom stereocenters. The highest BCUT2D eigenvalue weighted by Crippen LogP contribution is 2.43. The fourth-order valence-corrected chi connectivity index (χ4v) is 4.57. The molecule has 2 aliphatic heterocycles. The Morgan fingerprint density at radius 1 is 1.20 bits per heavy atom. The summed E-state index contributed by atoms with van der Waals surface area (Å²) in [5, 5.41) is 7.57. The van der Waals surface area contributed by atoms with Crippen molar-refractivity contribution in [1.29, 1.82) is 5.41 Å². The van der Waals surface area contributed by atoms with Gasteiger partial charge in [0, 0.05) is 0 Å². The van der Waals surface area contributed by atoms with E-state index in [0.717, 1.165) is 0 Å². The molecular formula is C14H19Cl3F3NO7S2. The van der Waals surface area contributed by atoms with Crippen LogP contribution in [0.3, 0.4) is 0 Å². The van der Waals surface area contributed by atoms with Crippen molar-refractivity contribution in [1.82, 2.24) is 0 Å². The molecule has 0 aromatic rings. The number of alkyl halides is 6. The molecule has 1 N–H and O–H groups in total. The van der Waals surface area contributed by atoms with Gasteiger partial charge in [-0.3, -0.25) is 9.59 Å². The Hall–Kier alpha value is 0.270. The fourth-order valence-electron chi connectivity index (χ4n) is 2.82. The maximum atomic E-state index is 12.9. The van der Waals surface area contributed by atoms with Crippen LogP contribution in [0.15, 0.2) is 0 Å². The SMILES string of the molecule is CCS[C@H]1O[C@H](COC(=N)C(Cl)(Cl)Cl)[C@@H](OS(=O)(=O)C(F)(F)F)[C@@H]2OC(C)(C)O[C@@H]21. The molecule has 0 aromatic heterocycles. The molecule has 2 aliphatic rings. The summed E-state index contributed by atoms with van der Waals surface area (Å²) in [5.74, 6) is -1.53. The lowest BCUT2D eigenvalue weighted by atomic mass is 10.0. The summed E-state index contributed by atoms with van der Waals surface area (Å²) in [6.45, 7) is 4.19. The minimum absolute atomic E-state index is 0.543. The molecule has 0 saturated carbocycles. The second-order valence-corrected chi connectivity index (χ2v) is 11.9. The molecule has 5 atom stereocenters. The van der Waals surface area contributed by atoms with Gasteiger partial charge in [-0.25, -0.2) is 0 Å². The lowest BCUT2D eigenvalue weighted by Gasteiger charge is -2.41. The van der Waals surface area contributed by atoms with E-state index in [0.29, 0.717) is 5.75 Å². The van der Waals surface area contributed by atoms with Gasteiger partial charge in [-0.2, -0.15) is 21.6 Å². The Labute approximate surface area is 190 Å². The van der Waals surface area contributed by atoms with Crippen LogP contribution >= 0.6 is 46.6 Å². The standard InChI is InChI=1S/C14H19Cl3F3NO7S2/c1-4-29-10-9-8(26-12(2,3)27-9)7(28-30(22,23)14(18,19)20)6(25-10)5-24-11(21)13(15,16)17/h6-10,21H,4-5H2,1-3H3/t6-,7-,8+,9+,10-/m1/s1. The predicted octanol–water partition coefficient (Wildman–Crippen LogP) is 3.58. The lowest BCUT2D eigenvalue weighted by Crippen LogP contribution is -2.58. The highest BCUT2D eigenvalue weighted by molar-refractivity contribution is 7.99. The number of ether oxygens (including phenoxy) is 4. The molecule has 0 spiro atoms. The molecule has 0 radical (unpaired) electrons. The van der Waals surface area contributed by atoms with Crippen LogP contribution in [0, 0.1) is 5.41 Å². The number of halogens is 6. The molecule has 2 heterocycles. The third-order valence-electron chi connectivity index (χ3n) is 3.93. The zero-order valence-electron chi connectivity index (χ0n) is 15.7. The summed E-state index contributed by atoms with van der Waals surface area (Å²) in [7, 11) is -6.01. The van der Waals surface area contributed by atoms with E-state index in [1.54, 1.807) is 0 Å².